The summed E-state index contributed by atoms with van der Waals surface area (Å²) in [5.41, 5.74) is 1.10. The third-order valence-electron chi connectivity index (χ3n) is 3.68. The molecule has 1 aromatic carbocycles. The molecule has 0 saturated carbocycles. The Morgan fingerprint density at radius 1 is 1.19 bits per heavy atom. The number of rotatable bonds is 6. The quantitative estimate of drug-likeness (QED) is 0.888. The molecular weight excluding hydrogens is 264 g/mol. The van der Waals surface area contributed by atoms with Crippen LogP contribution in [0.2, 0.25) is 0 Å². The minimum Gasteiger partial charge on any atom is -0.468 e. The van der Waals surface area contributed by atoms with Gasteiger partial charge >= 0.3 is 0 Å². The third kappa shape index (κ3) is 4.20. The van der Waals surface area contributed by atoms with Crippen molar-refractivity contribution in [1.82, 2.24) is 10.2 Å². The Bertz CT molecular complexity index is 551. The van der Waals surface area contributed by atoms with Gasteiger partial charge in [-0.1, -0.05) is 30.3 Å². The first-order valence-electron chi connectivity index (χ1n) is 7.16. The van der Waals surface area contributed by atoms with Crippen molar-refractivity contribution in [1.29, 1.82) is 0 Å². The van der Waals surface area contributed by atoms with Crippen molar-refractivity contribution in [2.75, 3.05) is 7.05 Å². The number of benzene rings is 1. The Labute approximate surface area is 125 Å². The van der Waals surface area contributed by atoms with Crippen molar-refractivity contribution in [2.45, 2.75) is 32.5 Å². The molecule has 2 atom stereocenters. The molecule has 0 unspecified atom stereocenters. The van der Waals surface area contributed by atoms with Gasteiger partial charge in [-0.05, 0) is 38.6 Å². The zero-order valence-electron chi connectivity index (χ0n) is 12.7. The first-order valence-corrected chi connectivity index (χ1v) is 7.16. The van der Waals surface area contributed by atoms with E-state index in [4.69, 9.17) is 4.42 Å². The van der Waals surface area contributed by atoms with Crippen LogP contribution >= 0.6 is 0 Å². The van der Waals surface area contributed by atoms with E-state index >= 15 is 0 Å². The van der Waals surface area contributed by atoms with Crippen LogP contribution in [0.15, 0.2) is 53.1 Å². The molecule has 0 aliphatic carbocycles. The molecule has 0 fully saturated rings. The number of hydrogen-bond acceptors (Lipinski definition) is 3. The van der Waals surface area contributed by atoms with Crippen molar-refractivity contribution < 1.29 is 9.21 Å². The summed E-state index contributed by atoms with van der Waals surface area (Å²) in [6, 6.07) is 13.5. The molecule has 4 heteroatoms. The lowest BCUT2D eigenvalue weighted by Crippen LogP contribution is -2.43. The van der Waals surface area contributed by atoms with E-state index in [9.17, 15) is 4.79 Å². The average Bonchev–Trinajstić information content (AvgIpc) is 3.00. The normalized spacial score (nSPS) is 13.9. The topological polar surface area (TPSA) is 45.5 Å². The second-order valence-electron chi connectivity index (χ2n) is 5.31. The zero-order valence-corrected chi connectivity index (χ0v) is 12.7. The molecule has 1 amide bonds. The van der Waals surface area contributed by atoms with Gasteiger partial charge in [0.1, 0.15) is 5.76 Å². The SMILES string of the molecule is C[C@H](NC(=O)[C@@H](C)N(C)Cc1ccco1)c1ccccc1. The van der Waals surface area contributed by atoms with E-state index in [0.717, 1.165) is 11.3 Å². The van der Waals surface area contributed by atoms with Gasteiger partial charge in [-0.15, -0.1) is 0 Å². The van der Waals surface area contributed by atoms with Crippen LogP contribution in [0.5, 0.6) is 0 Å². The van der Waals surface area contributed by atoms with E-state index in [1.165, 1.54) is 0 Å². The summed E-state index contributed by atoms with van der Waals surface area (Å²) in [4.78, 5) is 14.3. The maximum Gasteiger partial charge on any atom is 0.237 e. The van der Waals surface area contributed by atoms with Gasteiger partial charge in [0.05, 0.1) is 24.9 Å². The van der Waals surface area contributed by atoms with Crippen LogP contribution in [0.3, 0.4) is 0 Å². The second kappa shape index (κ2) is 7.09. The molecule has 112 valence electrons. The summed E-state index contributed by atoms with van der Waals surface area (Å²) in [5.74, 6) is 0.869. The number of amides is 1. The number of hydrogen-bond donors (Lipinski definition) is 1. The van der Waals surface area contributed by atoms with Gasteiger partial charge in [0, 0.05) is 0 Å². The highest BCUT2D eigenvalue weighted by atomic mass is 16.3. The average molecular weight is 286 g/mol. The van der Waals surface area contributed by atoms with E-state index in [0.29, 0.717) is 6.54 Å². The molecule has 0 radical (unpaired) electrons. The van der Waals surface area contributed by atoms with E-state index in [2.05, 4.69) is 5.32 Å². The molecule has 0 saturated heterocycles. The Kier molecular flexibility index (Phi) is 5.17. The summed E-state index contributed by atoms with van der Waals surface area (Å²) in [6.45, 7) is 4.50. The predicted molar refractivity (Wildman–Crippen MR) is 82.6 cm³/mol. The molecule has 4 nitrogen and oxygen atoms in total. The minimum absolute atomic E-state index is 0.00170. The molecule has 0 aliphatic rings. The fourth-order valence-electron chi connectivity index (χ4n) is 2.14. The van der Waals surface area contributed by atoms with E-state index in [-0.39, 0.29) is 18.0 Å². The molecule has 2 aromatic rings. The lowest BCUT2D eigenvalue weighted by molar-refractivity contribution is -0.126. The summed E-state index contributed by atoms with van der Waals surface area (Å²) in [5, 5.41) is 3.05. The molecule has 1 heterocycles. The molecule has 0 spiro atoms. The van der Waals surface area contributed by atoms with Gasteiger partial charge in [0.25, 0.3) is 0 Å². The molecular formula is C17H22N2O2. The number of nitrogens with zero attached hydrogens (tertiary/aromatic N) is 1. The molecule has 1 aromatic heterocycles. The molecule has 1 N–H and O–H groups in total. The minimum atomic E-state index is -0.221. The Morgan fingerprint density at radius 2 is 1.90 bits per heavy atom. The van der Waals surface area contributed by atoms with Crippen LogP contribution in [-0.2, 0) is 11.3 Å². The highest BCUT2D eigenvalue weighted by Crippen LogP contribution is 2.12. The first-order chi connectivity index (χ1) is 10.1. The van der Waals surface area contributed by atoms with Crippen LogP contribution in [0, 0.1) is 0 Å². The number of furan rings is 1. The monoisotopic (exact) mass is 286 g/mol. The van der Waals surface area contributed by atoms with Gasteiger partial charge in [-0.3, -0.25) is 9.69 Å². The van der Waals surface area contributed by atoms with E-state index in [1.54, 1.807) is 6.26 Å². The lowest BCUT2D eigenvalue weighted by Gasteiger charge is -2.25. The highest BCUT2D eigenvalue weighted by Gasteiger charge is 2.20. The Balaban J connectivity index is 1.90. The van der Waals surface area contributed by atoms with E-state index in [1.807, 2.05) is 68.3 Å². The van der Waals surface area contributed by atoms with E-state index < -0.39 is 0 Å². The molecule has 2 rings (SSSR count). The largest absolute Gasteiger partial charge is 0.468 e. The number of carbonyl (C=O) groups excluding carboxylic acids is 1. The Hall–Kier alpha value is -2.07. The maximum atomic E-state index is 12.3. The number of carbonyl (C=O) groups is 1. The predicted octanol–water partition coefficient (Wildman–Crippen LogP) is 2.98. The van der Waals surface area contributed by atoms with Crippen LogP contribution < -0.4 is 5.32 Å². The van der Waals surface area contributed by atoms with Crippen molar-refractivity contribution in [3.63, 3.8) is 0 Å². The highest BCUT2D eigenvalue weighted by molar-refractivity contribution is 5.81. The zero-order chi connectivity index (χ0) is 15.2. The van der Waals surface area contributed by atoms with Crippen molar-refractivity contribution in [2.24, 2.45) is 0 Å². The number of nitrogens with one attached hydrogen (secondary N) is 1. The Morgan fingerprint density at radius 3 is 2.52 bits per heavy atom. The van der Waals surface area contributed by atoms with Gasteiger partial charge in [-0.2, -0.15) is 0 Å². The molecule has 0 bridgehead atoms. The van der Waals surface area contributed by atoms with Gasteiger partial charge in [-0.25, -0.2) is 0 Å². The number of likely N-dealkylation sites (N-methyl/N-ethyl adjacent to an activating group) is 1. The maximum absolute atomic E-state index is 12.3. The van der Waals surface area contributed by atoms with Crippen molar-refractivity contribution >= 4 is 5.91 Å². The first kappa shape index (κ1) is 15.3. The van der Waals surface area contributed by atoms with Crippen molar-refractivity contribution in [3.05, 3.63) is 60.1 Å². The second-order valence-corrected chi connectivity index (χ2v) is 5.31. The third-order valence-corrected chi connectivity index (χ3v) is 3.68. The summed E-state index contributed by atoms with van der Waals surface area (Å²) in [6.07, 6.45) is 1.64. The fourth-order valence-corrected chi connectivity index (χ4v) is 2.14. The van der Waals surface area contributed by atoms with Gasteiger partial charge < -0.3 is 9.73 Å². The lowest BCUT2D eigenvalue weighted by atomic mass is 10.1. The summed E-state index contributed by atoms with van der Waals surface area (Å²) in [7, 11) is 1.92. The smallest absolute Gasteiger partial charge is 0.237 e. The summed E-state index contributed by atoms with van der Waals surface area (Å²) >= 11 is 0. The van der Waals surface area contributed by atoms with Crippen LogP contribution in [0.1, 0.15) is 31.2 Å². The van der Waals surface area contributed by atoms with Crippen LogP contribution in [0.4, 0.5) is 0 Å². The molecule has 0 aliphatic heterocycles. The van der Waals surface area contributed by atoms with Gasteiger partial charge in [0.2, 0.25) is 5.91 Å². The fraction of sp³-hybridized carbons (Fsp3) is 0.353. The van der Waals surface area contributed by atoms with Crippen LogP contribution in [-0.4, -0.2) is 23.9 Å². The molecule has 21 heavy (non-hydrogen) atoms. The van der Waals surface area contributed by atoms with Crippen molar-refractivity contribution in [3.8, 4) is 0 Å². The van der Waals surface area contributed by atoms with Gasteiger partial charge in [0.15, 0.2) is 0 Å². The standard InChI is InChI=1S/C17H22N2O2/c1-13(15-8-5-4-6-9-15)18-17(20)14(2)19(3)12-16-10-7-11-21-16/h4-11,13-14H,12H2,1-3H3,(H,18,20)/t13-,14+/m0/s1. The summed E-state index contributed by atoms with van der Waals surface area (Å²) < 4.78 is 5.31. The van der Waals surface area contributed by atoms with Crippen LogP contribution in [0.25, 0.3) is 0 Å².